The van der Waals surface area contributed by atoms with E-state index in [-0.39, 0.29) is 0 Å². The molecule has 9 heteroatoms. The van der Waals surface area contributed by atoms with E-state index >= 15 is 0 Å². The average molecular weight is 403 g/mol. The van der Waals surface area contributed by atoms with Crippen molar-refractivity contribution in [3.05, 3.63) is 52.8 Å². The monoisotopic (exact) mass is 403 g/mol. The van der Waals surface area contributed by atoms with Gasteiger partial charge in [0.1, 0.15) is 0 Å². The lowest BCUT2D eigenvalue weighted by Crippen LogP contribution is -2.39. The summed E-state index contributed by atoms with van der Waals surface area (Å²) >= 11 is 1.40. The van der Waals surface area contributed by atoms with Crippen molar-refractivity contribution in [3.63, 3.8) is 0 Å². The maximum atomic E-state index is 12.5. The molecule has 148 valence electrons. The van der Waals surface area contributed by atoms with Crippen LogP contribution in [0.2, 0.25) is 0 Å². The third-order valence-electron chi connectivity index (χ3n) is 3.62. The zero-order chi connectivity index (χ0) is 20.7. The van der Waals surface area contributed by atoms with Crippen molar-refractivity contribution in [3.8, 4) is 0 Å². The van der Waals surface area contributed by atoms with Crippen molar-refractivity contribution < 1.29 is 23.9 Å². The van der Waals surface area contributed by atoms with Gasteiger partial charge in [-0.1, -0.05) is 30.0 Å². The molecule has 0 bridgehead atoms. The maximum absolute atomic E-state index is 12.5. The standard InChI is InChI=1S/C19H21N3O5S/c1-11-9-12(2)21-18(20-11)28-10-14-7-5-6-8-15(14)17(24)27-13(3)16(23)22-19(25)26-4/h5-9,13H,10H2,1-4H3,(H,22,23,25)/t13-/m1/s1. The average Bonchev–Trinajstić information content (AvgIpc) is 2.65. The lowest BCUT2D eigenvalue weighted by atomic mass is 10.1. The number of hydrogen-bond acceptors (Lipinski definition) is 8. The van der Waals surface area contributed by atoms with E-state index in [1.807, 2.05) is 31.3 Å². The molecule has 0 aliphatic carbocycles. The van der Waals surface area contributed by atoms with Gasteiger partial charge < -0.3 is 9.47 Å². The number of nitrogens with zero attached hydrogens (tertiary/aromatic N) is 2. The van der Waals surface area contributed by atoms with E-state index in [1.165, 1.54) is 18.7 Å². The Bertz CT molecular complexity index is 867. The Morgan fingerprint density at radius 1 is 1.14 bits per heavy atom. The minimum Gasteiger partial charge on any atom is -0.453 e. The molecule has 28 heavy (non-hydrogen) atoms. The second-order valence-corrected chi connectivity index (χ2v) is 6.85. The number of carbonyl (C=O) groups excluding carboxylic acids is 3. The number of imide groups is 1. The molecule has 2 aromatic rings. The summed E-state index contributed by atoms with van der Waals surface area (Å²) in [7, 11) is 1.13. The summed E-state index contributed by atoms with van der Waals surface area (Å²) in [6.07, 6.45) is -2.08. The molecule has 0 fully saturated rings. The molecule has 0 radical (unpaired) electrons. The molecule has 1 heterocycles. The predicted octanol–water partition coefficient (Wildman–Crippen LogP) is 2.81. The van der Waals surface area contributed by atoms with Gasteiger partial charge in [-0.3, -0.25) is 10.1 Å². The molecular formula is C19H21N3O5S. The first-order valence-corrected chi connectivity index (χ1v) is 9.41. The van der Waals surface area contributed by atoms with Gasteiger partial charge in [-0.25, -0.2) is 19.6 Å². The predicted molar refractivity (Wildman–Crippen MR) is 103 cm³/mol. The van der Waals surface area contributed by atoms with E-state index in [9.17, 15) is 14.4 Å². The SMILES string of the molecule is COC(=O)NC(=O)[C@@H](C)OC(=O)c1ccccc1CSc1nc(C)cc(C)n1. The Morgan fingerprint density at radius 3 is 2.43 bits per heavy atom. The summed E-state index contributed by atoms with van der Waals surface area (Å²) in [4.78, 5) is 44.2. The van der Waals surface area contributed by atoms with E-state index in [0.29, 0.717) is 16.5 Å². The maximum Gasteiger partial charge on any atom is 0.413 e. The molecule has 0 saturated heterocycles. The van der Waals surface area contributed by atoms with Gasteiger partial charge in [-0.15, -0.1) is 0 Å². The van der Waals surface area contributed by atoms with Crippen molar-refractivity contribution in [1.29, 1.82) is 0 Å². The van der Waals surface area contributed by atoms with E-state index < -0.39 is 24.1 Å². The fourth-order valence-corrected chi connectivity index (χ4v) is 3.23. The first kappa shape index (κ1) is 21.4. The number of benzene rings is 1. The smallest absolute Gasteiger partial charge is 0.413 e. The van der Waals surface area contributed by atoms with Crippen molar-refractivity contribution in [2.45, 2.75) is 37.8 Å². The Kier molecular flexibility index (Phi) is 7.51. The lowest BCUT2D eigenvalue weighted by molar-refractivity contribution is -0.128. The number of hydrogen-bond donors (Lipinski definition) is 1. The quantitative estimate of drug-likeness (QED) is 0.446. The summed E-state index contributed by atoms with van der Waals surface area (Å²) in [6.45, 7) is 5.16. The van der Waals surface area contributed by atoms with Gasteiger partial charge in [0.15, 0.2) is 11.3 Å². The van der Waals surface area contributed by atoms with E-state index in [2.05, 4.69) is 14.7 Å². The van der Waals surface area contributed by atoms with E-state index in [0.717, 1.165) is 24.1 Å². The number of amides is 2. The fraction of sp³-hybridized carbons (Fsp3) is 0.316. The molecule has 0 spiro atoms. The first-order chi connectivity index (χ1) is 13.3. The minimum atomic E-state index is -1.16. The summed E-state index contributed by atoms with van der Waals surface area (Å²) in [5, 5.41) is 2.58. The van der Waals surface area contributed by atoms with Gasteiger partial charge in [0.05, 0.1) is 12.7 Å². The molecule has 8 nitrogen and oxygen atoms in total. The largest absolute Gasteiger partial charge is 0.453 e. The number of ether oxygens (including phenoxy) is 2. The van der Waals surface area contributed by atoms with Crippen molar-refractivity contribution in [2.75, 3.05) is 7.11 Å². The van der Waals surface area contributed by atoms with Crippen molar-refractivity contribution in [1.82, 2.24) is 15.3 Å². The Morgan fingerprint density at radius 2 is 1.79 bits per heavy atom. The van der Waals surface area contributed by atoms with Crippen LogP contribution in [0.1, 0.15) is 34.2 Å². The van der Waals surface area contributed by atoms with Gasteiger partial charge in [0, 0.05) is 17.1 Å². The van der Waals surface area contributed by atoms with Crippen LogP contribution >= 0.6 is 11.8 Å². The molecule has 0 aliphatic heterocycles. The van der Waals surface area contributed by atoms with Gasteiger partial charge in [-0.05, 0) is 38.5 Å². The highest BCUT2D eigenvalue weighted by Crippen LogP contribution is 2.23. The molecule has 0 aliphatic rings. The van der Waals surface area contributed by atoms with Gasteiger partial charge in [0.25, 0.3) is 5.91 Å². The summed E-state index contributed by atoms with van der Waals surface area (Å²) in [5.41, 5.74) is 2.79. The second-order valence-electron chi connectivity index (χ2n) is 5.91. The number of carbonyl (C=O) groups is 3. The zero-order valence-corrected chi connectivity index (χ0v) is 16.8. The molecule has 1 atom stereocenters. The zero-order valence-electron chi connectivity index (χ0n) is 16.0. The molecule has 0 saturated carbocycles. The fourth-order valence-electron chi connectivity index (χ4n) is 2.28. The molecule has 1 N–H and O–H groups in total. The number of aryl methyl sites for hydroxylation is 2. The first-order valence-electron chi connectivity index (χ1n) is 8.43. The van der Waals surface area contributed by atoms with Crippen LogP contribution in [-0.2, 0) is 20.0 Å². The molecule has 2 rings (SSSR count). The van der Waals surface area contributed by atoms with Crippen LogP contribution in [0.15, 0.2) is 35.5 Å². The number of thioether (sulfide) groups is 1. The third kappa shape index (κ3) is 6.05. The van der Waals surface area contributed by atoms with Gasteiger partial charge in [0.2, 0.25) is 0 Å². The summed E-state index contributed by atoms with van der Waals surface area (Å²) < 4.78 is 9.52. The van der Waals surface area contributed by atoms with Crippen molar-refractivity contribution in [2.24, 2.45) is 0 Å². The topological polar surface area (TPSA) is 107 Å². The second kappa shape index (κ2) is 9.84. The molecule has 1 aromatic heterocycles. The normalized spacial score (nSPS) is 11.4. The molecular weight excluding hydrogens is 382 g/mol. The number of nitrogens with one attached hydrogen (secondary N) is 1. The molecule has 1 aromatic carbocycles. The Labute approximate surface area is 167 Å². The minimum absolute atomic E-state index is 0.331. The van der Waals surface area contributed by atoms with E-state index in [4.69, 9.17) is 4.74 Å². The molecule has 0 unspecified atom stereocenters. The Hall–Kier alpha value is -2.94. The van der Waals surface area contributed by atoms with Crippen LogP contribution < -0.4 is 5.32 Å². The number of methoxy groups -OCH3 is 1. The number of aromatic nitrogens is 2. The van der Waals surface area contributed by atoms with Crippen LogP contribution in [0, 0.1) is 13.8 Å². The third-order valence-corrected chi connectivity index (χ3v) is 4.52. The highest BCUT2D eigenvalue weighted by Gasteiger charge is 2.22. The number of esters is 1. The highest BCUT2D eigenvalue weighted by molar-refractivity contribution is 7.98. The van der Waals surface area contributed by atoms with E-state index in [1.54, 1.807) is 18.2 Å². The lowest BCUT2D eigenvalue weighted by Gasteiger charge is -2.14. The number of rotatable bonds is 6. The van der Waals surface area contributed by atoms with Crippen LogP contribution in [-0.4, -0.2) is 41.2 Å². The van der Waals surface area contributed by atoms with Crippen molar-refractivity contribution >= 4 is 29.7 Å². The van der Waals surface area contributed by atoms with Gasteiger partial charge in [-0.2, -0.15) is 0 Å². The Balaban J connectivity index is 2.06. The van der Waals surface area contributed by atoms with Crippen LogP contribution in [0.3, 0.4) is 0 Å². The summed E-state index contributed by atoms with van der Waals surface area (Å²) in [6, 6.07) is 8.81. The molecule has 2 amide bonds. The van der Waals surface area contributed by atoms with Crippen LogP contribution in [0.5, 0.6) is 0 Å². The van der Waals surface area contributed by atoms with Crippen LogP contribution in [0.25, 0.3) is 0 Å². The summed E-state index contributed by atoms with van der Waals surface area (Å²) in [5.74, 6) is -0.975. The highest BCUT2D eigenvalue weighted by atomic mass is 32.2. The van der Waals surface area contributed by atoms with Gasteiger partial charge >= 0.3 is 12.1 Å². The number of alkyl carbamates (subject to hydrolysis) is 1. The van der Waals surface area contributed by atoms with Crippen LogP contribution in [0.4, 0.5) is 4.79 Å².